The smallest absolute Gasteiger partial charge is 0.241 e. The Balaban J connectivity index is 2.74. The largest absolute Gasteiger partial charge is 0.508 e. The van der Waals surface area contributed by atoms with Crippen molar-refractivity contribution in [3.05, 3.63) is 23.8 Å². The van der Waals surface area contributed by atoms with E-state index in [4.69, 9.17) is 5.73 Å². The molecule has 0 fully saturated rings. The Bertz CT molecular complexity index is 389. The molecule has 0 spiro atoms. The monoisotopic (exact) mass is 222 g/mol. The molecule has 0 radical (unpaired) electrons. The zero-order valence-corrected chi connectivity index (χ0v) is 9.82. The molecule has 1 aromatic rings. The first-order chi connectivity index (χ1) is 7.41. The molecule has 1 amide bonds. The molecular formula is C12H18N2O2. The first kappa shape index (κ1) is 12.5. The second kappa shape index (κ2) is 4.99. The van der Waals surface area contributed by atoms with E-state index in [1.54, 1.807) is 25.1 Å². The van der Waals surface area contributed by atoms with E-state index in [1.807, 2.05) is 13.8 Å². The number of aryl methyl sites for hydroxylation is 1. The molecule has 16 heavy (non-hydrogen) atoms. The Hall–Kier alpha value is -1.55. The van der Waals surface area contributed by atoms with Crippen LogP contribution in [0.15, 0.2) is 18.2 Å². The Labute approximate surface area is 95.5 Å². The van der Waals surface area contributed by atoms with E-state index in [1.165, 1.54) is 0 Å². The lowest BCUT2D eigenvalue weighted by Crippen LogP contribution is -2.39. The summed E-state index contributed by atoms with van der Waals surface area (Å²) in [5.74, 6) is 0.101. The molecule has 0 unspecified atom stereocenters. The maximum Gasteiger partial charge on any atom is 0.241 e. The van der Waals surface area contributed by atoms with Gasteiger partial charge in [0.1, 0.15) is 5.75 Å². The van der Waals surface area contributed by atoms with E-state index in [0.717, 1.165) is 5.56 Å². The summed E-state index contributed by atoms with van der Waals surface area (Å²) in [7, 11) is 0. The van der Waals surface area contributed by atoms with Crippen LogP contribution in [-0.2, 0) is 4.79 Å². The van der Waals surface area contributed by atoms with Gasteiger partial charge in [0.15, 0.2) is 0 Å². The summed E-state index contributed by atoms with van der Waals surface area (Å²) in [5.41, 5.74) is 7.08. The first-order valence-corrected chi connectivity index (χ1v) is 5.28. The van der Waals surface area contributed by atoms with Gasteiger partial charge in [0, 0.05) is 5.69 Å². The van der Waals surface area contributed by atoms with Crippen LogP contribution in [-0.4, -0.2) is 17.1 Å². The zero-order valence-electron chi connectivity index (χ0n) is 9.82. The zero-order chi connectivity index (χ0) is 12.3. The number of benzene rings is 1. The maximum absolute atomic E-state index is 11.7. The number of carbonyl (C=O) groups excluding carboxylic acids is 1. The van der Waals surface area contributed by atoms with Crippen LogP contribution < -0.4 is 11.1 Å². The molecule has 4 nitrogen and oxygen atoms in total. The van der Waals surface area contributed by atoms with Gasteiger partial charge in [-0.2, -0.15) is 0 Å². The summed E-state index contributed by atoms with van der Waals surface area (Å²) in [6.07, 6.45) is 0. The minimum absolute atomic E-state index is 0.0956. The number of anilines is 1. The molecule has 0 saturated carbocycles. The van der Waals surface area contributed by atoms with E-state index in [9.17, 15) is 9.90 Å². The molecule has 0 aromatic heterocycles. The number of phenols is 1. The van der Waals surface area contributed by atoms with Gasteiger partial charge in [-0.25, -0.2) is 0 Å². The summed E-state index contributed by atoms with van der Waals surface area (Å²) in [6, 6.07) is 4.38. The lowest BCUT2D eigenvalue weighted by Gasteiger charge is -2.15. The van der Waals surface area contributed by atoms with E-state index >= 15 is 0 Å². The second-order valence-electron chi connectivity index (χ2n) is 4.26. The predicted octanol–water partition coefficient (Wildman–Crippen LogP) is 1.62. The van der Waals surface area contributed by atoms with E-state index in [2.05, 4.69) is 5.32 Å². The Morgan fingerprint density at radius 2 is 2.06 bits per heavy atom. The van der Waals surface area contributed by atoms with Crippen molar-refractivity contribution < 1.29 is 9.90 Å². The van der Waals surface area contributed by atoms with Gasteiger partial charge >= 0.3 is 0 Å². The van der Waals surface area contributed by atoms with Crippen LogP contribution in [0.25, 0.3) is 0 Å². The van der Waals surface area contributed by atoms with Crippen molar-refractivity contribution in [3.63, 3.8) is 0 Å². The average Bonchev–Trinajstić information content (AvgIpc) is 2.22. The molecule has 1 rings (SSSR count). The van der Waals surface area contributed by atoms with Crippen LogP contribution in [0.1, 0.15) is 19.4 Å². The molecule has 4 N–H and O–H groups in total. The predicted molar refractivity (Wildman–Crippen MR) is 64.3 cm³/mol. The molecule has 0 saturated heterocycles. The fourth-order valence-electron chi connectivity index (χ4n) is 1.26. The number of amides is 1. The van der Waals surface area contributed by atoms with Gasteiger partial charge in [-0.1, -0.05) is 13.8 Å². The van der Waals surface area contributed by atoms with Gasteiger partial charge in [-0.15, -0.1) is 0 Å². The molecule has 0 bridgehead atoms. The van der Waals surface area contributed by atoms with Crippen LogP contribution in [0, 0.1) is 12.8 Å². The highest BCUT2D eigenvalue weighted by Gasteiger charge is 2.17. The number of rotatable bonds is 3. The quantitative estimate of drug-likeness (QED) is 0.680. The molecule has 0 heterocycles. The van der Waals surface area contributed by atoms with Crippen LogP contribution in [0.3, 0.4) is 0 Å². The van der Waals surface area contributed by atoms with Gasteiger partial charge < -0.3 is 16.2 Å². The number of carbonyl (C=O) groups is 1. The number of phenolic OH excluding ortho intramolecular Hbond substituents is 1. The van der Waals surface area contributed by atoms with Crippen LogP contribution in [0.5, 0.6) is 5.75 Å². The van der Waals surface area contributed by atoms with Gasteiger partial charge in [0.25, 0.3) is 0 Å². The lowest BCUT2D eigenvalue weighted by atomic mass is 10.0. The van der Waals surface area contributed by atoms with Crippen LogP contribution >= 0.6 is 0 Å². The minimum Gasteiger partial charge on any atom is -0.508 e. The Morgan fingerprint density at radius 1 is 1.44 bits per heavy atom. The highest BCUT2D eigenvalue weighted by Crippen LogP contribution is 2.20. The second-order valence-corrected chi connectivity index (χ2v) is 4.26. The SMILES string of the molecule is Cc1cc(NC(=O)[C@@H](N)C(C)C)ccc1O. The van der Waals surface area contributed by atoms with E-state index in [-0.39, 0.29) is 17.6 Å². The number of aromatic hydroxyl groups is 1. The third-order valence-electron chi connectivity index (χ3n) is 2.49. The molecule has 0 aliphatic carbocycles. The van der Waals surface area contributed by atoms with Crippen LogP contribution in [0.2, 0.25) is 0 Å². The summed E-state index contributed by atoms with van der Waals surface area (Å²) in [6.45, 7) is 5.56. The van der Waals surface area contributed by atoms with Crippen molar-refractivity contribution in [1.29, 1.82) is 0 Å². The summed E-state index contributed by atoms with van der Waals surface area (Å²) in [5, 5.41) is 12.1. The Morgan fingerprint density at radius 3 is 2.56 bits per heavy atom. The van der Waals surface area contributed by atoms with Crippen molar-refractivity contribution in [3.8, 4) is 5.75 Å². The average molecular weight is 222 g/mol. The number of hydrogen-bond acceptors (Lipinski definition) is 3. The van der Waals surface area contributed by atoms with Gasteiger partial charge in [0.05, 0.1) is 6.04 Å². The van der Waals surface area contributed by atoms with Crippen molar-refractivity contribution >= 4 is 11.6 Å². The summed E-state index contributed by atoms with van der Waals surface area (Å²) in [4.78, 5) is 11.7. The van der Waals surface area contributed by atoms with Crippen molar-refractivity contribution in [2.45, 2.75) is 26.8 Å². The molecule has 1 aromatic carbocycles. The summed E-state index contributed by atoms with van der Waals surface area (Å²) < 4.78 is 0. The minimum atomic E-state index is -0.519. The number of nitrogens with one attached hydrogen (secondary N) is 1. The van der Waals surface area contributed by atoms with Crippen molar-refractivity contribution in [1.82, 2.24) is 0 Å². The molecule has 1 atom stereocenters. The topological polar surface area (TPSA) is 75.4 Å². The fraction of sp³-hybridized carbons (Fsp3) is 0.417. The van der Waals surface area contributed by atoms with Gasteiger partial charge in [0.2, 0.25) is 5.91 Å². The van der Waals surface area contributed by atoms with Gasteiger partial charge in [-0.3, -0.25) is 4.79 Å². The lowest BCUT2D eigenvalue weighted by molar-refractivity contribution is -0.118. The maximum atomic E-state index is 11.7. The van der Waals surface area contributed by atoms with E-state index < -0.39 is 6.04 Å². The number of hydrogen-bond donors (Lipinski definition) is 3. The fourth-order valence-corrected chi connectivity index (χ4v) is 1.26. The Kier molecular flexibility index (Phi) is 3.90. The standard InChI is InChI=1S/C12H18N2O2/c1-7(2)11(13)12(16)14-9-4-5-10(15)8(3)6-9/h4-7,11,15H,13H2,1-3H3,(H,14,16)/t11-/m0/s1. The first-order valence-electron chi connectivity index (χ1n) is 5.28. The van der Waals surface area contributed by atoms with Crippen molar-refractivity contribution in [2.24, 2.45) is 11.7 Å². The normalized spacial score (nSPS) is 12.6. The molecule has 88 valence electrons. The number of nitrogens with two attached hydrogens (primary N) is 1. The molecule has 0 aliphatic heterocycles. The third kappa shape index (κ3) is 2.97. The molecule has 4 heteroatoms. The molecular weight excluding hydrogens is 204 g/mol. The highest BCUT2D eigenvalue weighted by molar-refractivity contribution is 5.94. The summed E-state index contributed by atoms with van der Waals surface area (Å²) >= 11 is 0. The highest BCUT2D eigenvalue weighted by atomic mass is 16.3. The third-order valence-corrected chi connectivity index (χ3v) is 2.49. The van der Waals surface area contributed by atoms with Gasteiger partial charge in [-0.05, 0) is 36.6 Å². The van der Waals surface area contributed by atoms with Crippen LogP contribution in [0.4, 0.5) is 5.69 Å². The molecule has 0 aliphatic rings. The van der Waals surface area contributed by atoms with E-state index in [0.29, 0.717) is 5.69 Å². The van der Waals surface area contributed by atoms with Crippen molar-refractivity contribution in [2.75, 3.05) is 5.32 Å².